The predicted octanol–water partition coefficient (Wildman–Crippen LogP) is 1.60. The average molecular weight is 214 g/mol. The molecule has 1 aromatic heterocycles. The zero-order valence-electron chi connectivity index (χ0n) is 8.99. The first-order valence-electron chi connectivity index (χ1n) is 5.67. The molecule has 1 saturated heterocycles. The van der Waals surface area contributed by atoms with E-state index in [9.17, 15) is 4.79 Å². The summed E-state index contributed by atoms with van der Waals surface area (Å²) in [5, 5.41) is 5.13. The van der Waals surface area contributed by atoms with Crippen LogP contribution in [0, 0.1) is 0 Å². The Labute approximate surface area is 93.5 Å². The van der Waals surface area contributed by atoms with Gasteiger partial charge in [-0.05, 0) is 30.5 Å². The van der Waals surface area contributed by atoms with Crippen molar-refractivity contribution in [2.75, 3.05) is 13.1 Å². The van der Waals surface area contributed by atoms with Crippen LogP contribution in [-0.4, -0.2) is 18.1 Å². The van der Waals surface area contributed by atoms with E-state index in [2.05, 4.69) is 16.4 Å². The van der Waals surface area contributed by atoms with Crippen molar-refractivity contribution in [3.05, 3.63) is 46.4 Å². The number of H-pyrrole nitrogens is 1. The lowest BCUT2D eigenvalue weighted by molar-refractivity contribution is 0.734. The zero-order valence-corrected chi connectivity index (χ0v) is 8.99. The number of nitrogens with one attached hydrogen (secondary N) is 2. The Morgan fingerprint density at radius 1 is 1.25 bits per heavy atom. The van der Waals surface area contributed by atoms with Gasteiger partial charge in [0, 0.05) is 23.5 Å². The van der Waals surface area contributed by atoms with Gasteiger partial charge in [0.25, 0.3) is 5.56 Å². The summed E-state index contributed by atoms with van der Waals surface area (Å²) in [6.07, 6.45) is 1.11. The summed E-state index contributed by atoms with van der Waals surface area (Å²) in [6.45, 7) is 2.01. The molecule has 0 aliphatic carbocycles. The van der Waals surface area contributed by atoms with Crippen LogP contribution in [0.5, 0.6) is 0 Å². The number of rotatable bonds is 1. The van der Waals surface area contributed by atoms with Crippen LogP contribution >= 0.6 is 0 Å². The molecule has 1 aliphatic heterocycles. The Bertz CT molecular complexity index is 567. The molecular weight excluding hydrogens is 200 g/mol. The van der Waals surface area contributed by atoms with Gasteiger partial charge in [0.2, 0.25) is 0 Å². The van der Waals surface area contributed by atoms with Crippen LogP contribution in [0.3, 0.4) is 0 Å². The molecule has 3 rings (SSSR count). The van der Waals surface area contributed by atoms with Gasteiger partial charge in [0.15, 0.2) is 0 Å². The molecule has 2 N–H and O–H groups in total. The van der Waals surface area contributed by atoms with Crippen molar-refractivity contribution in [1.82, 2.24) is 10.3 Å². The number of fused-ring (bicyclic) bond motifs is 1. The van der Waals surface area contributed by atoms with Gasteiger partial charge in [0.1, 0.15) is 0 Å². The maximum Gasteiger partial charge on any atom is 0.256 e. The van der Waals surface area contributed by atoms with E-state index in [-0.39, 0.29) is 5.56 Å². The molecule has 0 spiro atoms. The predicted molar refractivity (Wildman–Crippen MR) is 64.8 cm³/mol. The fourth-order valence-corrected chi connectivity index (χ4v) is 2.37. The topological polar surface area (TPSA) is 44.9 Å². The smallest absolute Gasteiger partial charge is 0.256 e. The quantitative estimate of drug-likeness (QED) is 0.757. The monoisotopic (exact) mass is 214 g/mol. The highest BCUT2D eigenvalue weighted by atomic mass is 16.1. The molecule has 0 saturated carbocycles. The molecule has 3 heteroatoms. The highest BCUT2D eigenvalue weighted by Crippen LogP contribution is 2.21. The van der Waals surface area contributed by atoms with E-state index in [1.54, 1.807) is 0 Å². The lowest BCUT2D eigenvalue weighted by atomic mass is 10.0. The van der Waals surface area contributed by atoms with Crippen LogP contribution in [-0.2, 0) is 0 Å². The second-order valence-electron chi connectivity index (χ2n) is 4.33. The number of hydrogen-bond acceptors (Lipinski definition) is 2. The molecule has 2 heterocycles. The Morgan fingerprint density at radius 2 is 2.12 bits per heavy atom. The first kappa shape index (κ1) is 9.60. The summed E-state index contributed by atoms with van der Waals surface area (Å²) in [4.78, 5) is 14.9. The molecule has 1 aliphatic rings. The van der Waals surface area contributed by atoms with Crippen LogP contribution in [0.4, 0.5) is 0 Å². The summed E-state index contributed by atoms with van der Waals surface area (Å²) in [7, 11) is 0. The summed E-state index contributed by atoms with van der Waals surface area (Å²) in [5.41, 5.74) is 1.09. The van der Waals surface area contributed by atoms with E-state index >= 15 is 0 Å². The molecule has 3 nitrogen and oxygen atoms in total. The number of benzene rings is 1. The van der Waals surface area contributed by atoms with E-state index in [0.717, 1.165) is 36.0 Å². The Morgan fingerprint density at radius 3 is 2.94 bits per heavy atom. The normalized spacial score (nSPS) is 20.4. The molecule has 16 heavy (non-hydrogen) atoms. The molecule has 0 unspecified atom stereocenters. The van der Waals surface area contributed by atoms with Crippen LogP contribution in [0.25, 0.3) is 10.8 Å². The van der Waals surface area contributed by atoms with Crippen LogP contribution in [0.2, 0.25) is 0 Å². The number of hydrogen-bond donors (Lipinski definition) is 2. The van der Waals surface area contributed by atoms with E-state index in [1.165, 1.54) is 0 Å². The second kappa shape index (κ2) is 3.76. The van der Waals surface area contributed by atoms with Crippen molar-refractivity contribution in [3.8, 4) is 0 Å². The molecule has 1 fully saturated rings. The largest absolute Gasteiger partial charge is 0.325 e. The van der Waals surface area contributed by atoms with Gasteiger partial charge in [0.05, 0.1) is 0 Å². The van der Waals surface area contributed by atoms with E-state index in [1.807, 2.05) is 24.3 Å². The van der Waals surface area contributed by atoms with Gasteiger partial charge in [-0.15, -0.1) is 0 Å². The Balaban J connectivity index is 2.17. The zero-order chi connectivity index (χ0) is 11.0. The van der Waals surface area contributed by atoms with Crippen molar-refractivity contribution < 1.29 is 0 Å². The summed E-state index contributed by atoms with van der Waals surface area (Å²) >= 11 is 0. The minimum Gasteiger partial charge on any atom is -0.325 e. The summed E-state index contributed by atoms with van der Waals surface area (Å²) < 4.78 is 0. The molecule has 82 valence electrons. The van der Waals surface area contributed by atoms with Crippen molar-refractivity contribution in [3.63, 3.8) is 0 Å². The van der Waals surface area contributed by atoms with Crippen molar-refractivity contribution in [1.29, 1.82) is 0 Å². The van der Waals surface area contributed by atoms with Crippen LogP contribution in [0.15, 0.2) is 35.1 Å². The van der Waals surface area contributed by atoms with Crippen molar-refractivity contribution in [2.24, 2.45) is 0 Å². The average Bonchev–Trinajstić information content (AvgIpc) is 2.82. The van der Waals surface area contributed by atoms with E-state index in [0.29, 0.717) is 5.92 Å². The number of aromatic nitrogens is 1. The molecule has 0 amide bonds. The highest BCUT2D eigenvalue weighted by Gasteiger charge is 2.17. The Hall–Kier alpha value is -1.61. The molecule has 0 radical (unpaired) electrons. The third-order valence-electron chi connectivity index (χ3n) is 3.27. The first-order chi connectivity index (χ1) is 7.84. The van der Waals surface area contributed by atoms with Crippen LogP contribution < -0.4 is 10.9 Å². The van der Waals surface area contributed by atoms with Crippen molar-refractivity contribution in [2.45, 2.75) is 12.3 Å². The van der Waals surface area contributed by atoms with Gasteiger partial charge in [-0.25, -0.2) is 0 Å². The van der Waals surface area contributed by atoms with Gasteiger partial charge < -0.3 is 10.3 Å². The molecular formula is C13H14N2O. The lowest BCUT2D eigenvalue weighted by Gasteiger charge is -2.09. The lowest BCUT2D eigenvalue weighted by Crippen LogP contribution is -2.14. The fourth-order valence-electron chi connectivity index (χ4n) is 2.37. The summed E-state index contributed by atoms with van der Waals surface area (Å²) in [5.74, 6) is 0.456. The maximum atomic E-state index is 11.9. The van der Waals surface area contributed by atoms with Gasteiger partial charge in [-0.1, -0.05) is 18.2 Å². The first-order valence-corrected chi connectivity index (χ1v) is 5.67. The molecule has 1 atom stereocenters. The van der Waals surface area contributed by atoms with E-state index < -0.39 is 0 Å². The third-order valence-corrected chi connectivity index (χ3v) is 3.27. The van der Waals surface area contributed by atoms with Gasteiger partial charge in [-0.2, -0.15) is 0 Å². The molecule has 2 aromatic rings. The fraction of sp³-hybridized carbons (Fsp3) is 0.308. The highest BCUT2D eigenvalue weighted by molar-refractivity contribution is 5.81. The third kappa shape index (κ3) is 1.53. The minimum absolute atomic E-state index is 0.0278. The summed E-state index contributed by atoms with van der Waals surface area (Å²) in [6, 6.07) is 9.84. The van der Waals surface area contributed by atoms with Crippen molar-refractivity contribution >= 4 is 10.8 Å². The van der Waals surface area contributed by atoms with Gasteiger partial charge >= 0.3 is 0 Å². The minimum atomic E-state index is 0.0278. The Kier molecular flexibility index (Phi) is 2.26. The second-order valence-corrected chi connectivity index (χ2v) is 4.33. The number of aromatic amines is 1. The number of pyridine rings is 1. The van der Waals surface area contributed by atoms with Crippen LogP contribution in [0.1, 0.15) is 18.0 Å². The SMILES string of the molecule is O=c1[nH]c([C@@H]2CCNC2)cc2ccccc12. The maximum absolute atomic E-state index is 11.9. The standard InChI is InChI=1S/C13H14N2O/c16-13-11-4-2-1-3-9(11)7-12(15-13)10-5-6-14-8-10/h1-4,7,10,14H,5-6,8H2,(H,15,16)/t10-/m1/s1. The molecule has 1 aromatic carbocycles. The molecule has 0 bridgehead atoms. The van der Waals surface area contributed by atoms with E-state index in [4.69, 9.17) is 0 Å². The van der Waals surface area contributed by atoms with Gasteiger partial charge in [-0.3, -0.25) is 4.79 Å².